The van der Waals surface area contributed by atoms with Gasteiger partial charge in [0.1, 0.15) is 5.75 Å². The molecule has 3 rings (SSSR count). The molecule has 0 radical (unpaired) electrons. The molecule has 3 aromatic rings. The number of fused-ring (bicyclic) bond motifs is 1. The first-order valence-electron chi connectivity index (χ1n) is 6.30. The van der Waals surface area contributed by atoms with Crippen LogP contribution in [0.25, 0.3) is 16.7 Å². The maximum atomic E-state index is 13.3. The van der Waals surface area contributed by atoms with E-state index in [1.54, 1.807) is 6.07 Å². The van der Waals surface area contributed by atoms with E-state index in [0.29, 0.717) is 22.0 Å². The number of hydrogen-bond acceptors (Lipinski definition) is 2. The summed E-state index contributed by atoms with van der Waals surface area (Å²) in [4.78, 5) is 3.71. The van der Waals surface area contributed by atoms with Crippen LogP contribution in [-0.4, -0.2) is 16.7 Å². The van der Waals surface area contributed by atoms with E-state index >= 15 is 0 Å². The Morgan fingerprint density at radius 3 is 2.36 bits per heavy atom. The van der Waals surface area contributed by atoms with E-state index < -0.39 is 12.0 Å². The summed E-state index contributed by atoms with van der Waals surface area (Å²) in [6, 6.07) is 10.7. The van der Waals surface area contributed by atoms with Crippen LogP contribution in [0.4, 0.5) is 13.2 Å². The SMILES string of the molecule is COc1ccc2nc(C(F)(F)F)n(-c3ccc(Cl)cc3)c2c1. The molecule has 0 N–H and O–H groups in total. The first-order chi connectivity index (χ1) is 10.4. The molecule has 0 aliphatic carbocycles. The number of nitrogens with zero attached hydrogens (tertiary/aromatic N) is 2. The second-order valence-electron chi connectivity index (χ2n) is 4.60. The van der Waals surface area contributed by atoms with Gasteiger partial charge in [-0.1, -0.05) is 11.6 Å². The van der Waals surface area contributed by atoms with Gasteiger partial charge in [-0.15, -0.1) is 0 Å². The lowest BCUT2D eigenvalue weighted by Crippen LogP contribution is -2.13. The van der Waals surface area contributed by atoms with Crippen LogP contribution in [-0.2, 0) is 6.18 Å². The van der Waals surface area contributed by atoms with Gasteiger partial charge in [-0.05, 0) is 36.4 Å². The van der Waals surface area contributed by atoms with Crippen molar-refractivity contribution in [1.29, 1.82) is 0 Å². The fourth-order valence-electron chi connectivity index (χ4n) is 2.22. The molecule has 7 heteroatoms. The van der Waals surface area contributed by atoms with Gasteiger partial charge in [-0.3, -0.25) is 4.57 Å². The van der Waals surface area contributed by atoms with Crippen molar-refractivity contribution in [1.82, 2.24) is 9.55 Å². The van der Waals surface area contributed by atoms with Gasteiger partial charge in [-0.2, -0.15) is 13.2 Å². The standard InChI is InChI=1S/C15H10ClF3N2O/c1-22-11-6-7-12-13(8-11)21(14(20-12)15(17,18)19)10-4-2-9(16)3-5-10/h2-8H,1H3. The van der Waals surface area contributed by atoms with Crippen molar-refractivity contribution >= 4 is 22.6 Å². The van der Waals surface area contributed by atoms with Crippen LogP contribution >= 0.6 is 11.6 Å². The number of methoxy groups -OCH3 is 1. The van der Waals surface area contributed by atoms with Gasteiger partial charge in [-0.25, -0.2) is 4.98 Å². The molecule has 114 valence electrons. The highest BCUT2D eigenvalue weighted by molar-refractivity contribution is 6.30. The molecule has 22 heavy (non-hydrogen) atoms. The van der Waals surface area contributed by atoms with E-state index in [1.165, 1.54) is 43.5 Å². The van der Waals surface area contributed by atoms with Gasteiger partial charge >= 0.3 is 6.18 Å². The molecule has 0 saturated heterocycles. The normalized spacial score (nSPS) is 11.9. The van der Waals surface area contributed by atoms with Crippen LogP contribution in [0.1, 0.15) is 5.82 Å². The number of rotatable bonds is 2. The Morgan fingerprint density at radius 1 is 1.09 bits per heavy atom. The van der Waals surface area contributed by atoms with Crippen molar-refractivity contribution in [2.24, 2.45) is 0 Å². The van der Waals surface area contributed by atoms with Gasteiger partial charge < -0.3 is 4.74 Å². The predicted octanol–water partition coefficient (Wildman–Crippen LogP) is 4.71. The summed E-state index contributed by atoms with van der Waals surface area (Å²) in [5.41, 5.74) is 0.879. The lowest BCUT2D eigenvalue weighted by Gasteiger charge is -2.11. The topological polar surface area (TPSA) is 27.1 Å². The minimum atomic E-state index is -4.58. The molecule has 0 saturated carbocycles. The number of ether oxygens (including phenoxy) is 1. The number of aromatic nitrogens is 2. The Bertz CT molecular complexity index is 825. The molecular formula is C15H10ClF3N2O. The molecule has 0 atom stereocenters. The number of hydrogen-bond donors (Lipinski definition) is 0. The van der Waals surface area contributed by atoms with E-state index in [9.17, 15) is 13.2 Å². The van der Waals surface area contributed by atoms with Crippen molar-refractivity contribution in [2.45, 2.75) is 6.18 Å². The van der Waals surface area contributed by atoms with Crippen molar-refractivity contribution in [2.75, 3.05) is 7.11 Å². The Labute approximate surface area is 128 Å². The maximum absolute atomic E-state index is 13.3. The highest BCUT2D eigenvalue weighted by Gasteiger charge is 2.38. The Balaban J connectivity index is 2.34. The third kappa shape index (κ3) is 2.50. The zero-order valence-electron chi connectivity index (χ0n) is 11.4. The van der Waals surface area contributed by atoms with Gasteiger partial charge in [0, 0.05) is 16.8 Å². The maximum Gasteiger partial charge on any atom is 0.450 e. The molecule has 0 aliphatic heterocycles. The van der Waals surface area contributed by atoms with E-state index in [2.05, 4.69) is 4.98 Å². The van der Waals surface area contributed by atoms with Crippen molar-refractivity contribution in [3.8, 4) is 11.4 Å². The molecule has 1 aromatic heterocycles. The Kier molecular flexibility index (Phi) is 3.48. The zero-order chi connectivity index (χ0) is 15.9. The molecular weight excluding hydrogens is 317 g/mol. The van der Waals surface area contributed by atoms with Crippen LogP contribution in [0.5, 0.6) is 5.75 Å². The van der Waals surface area contributed by atoms with Crippen molar-refractivity contribution in [3.63, 3.8) is 0 Å². The Hall–Kier alpha value is -2.21. The zero-order valence-corrected chi connectivity index (χ0v) is 12.1. The summed E-state index contributed by atoms with van der Waals surface area (Å²) in [5, 5.41) is 0.444. The van der Waals surface area contributed by atoms with Crippen LogP contribution in [0.2, 0.25) is 5.02 Å². The summed E-state index contributed by atoms with van der Waals surface area (Å²) in [6.07, 6.45) is -4.58. The summed E-state index contributed by atoms with van der Waals surface area (Å²) in [6.45, 7) is 0. The van der Waals surface area contributed by atoms with Crippen LogP contribution < -0.4 is 4.74 Å². The van der Waals surface area contributed by atoms with Crippen LogP contribution in [0.15, 0.2) is 42.5 Å². The van der Waals surface area contributed by atoms with Crippen LogP contribution in [0, 0.1) is 0 Å². The fourth-order valence-corrected chi connectivity index (χ4v) is 2.35. The number of benzene rings is 2. The second kappa shape index (κ2) is 5.21. The lowest BCUT2D eigenvalue weighted by molar-refractivity contribution is -0.145. The molecule has 0 aliphatic rings. The summed E-state index contributed by atoms with van der Waals surface area (Å²) in [7, 11) is 1.45. The summed E-state index contributed by atoms with van der Waals surface area (Å²) in [5.74, 6) is -0.533. The average molecular weight is 327 g/mol. The van der Waals surface area contributed by atoms with E-state index in [0.717, 1.165) is 4.57 Å². The monoisotopic (exact) mass is 326 g/mol. The van der Waals surface area contributed by atoms with E-state index in [4.69, 9.17) is 16.3 Å². The molecule has 0 fully saturated rings. The molecule has 0 bridgehead atoms. The summed E-state index contributed by atoms with van der Waals surface area (Å²) < 4.78 is 46.0. The first-order valence-corrected chi connectivity index (χ1v) is 6.67. The quantitative estimate of drug-likeness (QED) is 0.682. The molecule has 2 aromatic carbocycles. The van der Waals surface area contributed by atoms with Gasteiger partial charge in [0.15, 0.2) is 0 Å². The molecule has 1 heterocycles. The second-order valence-corrected chi connectivity index (χ2v) is 5.04. The first kappa shape index (κ1) is 14.7. The molecule has 0 unspecified atom stereocenters. The van der Waals surface area contributed by atoms with Gasteiger partial charge in [0.05, 0.1) is 18.1 Å². The lowest BCUT2D eigenvalue weighted by atomic mass is 10.2. The van der Waals surface area contributed by atoms with E-state index in [-0.39, 0.29) is 5.52 Å². The number of alkyl halides is 3. The number of imidazole rings is 1. The number of halogens is 4. The average Bonchev–Trinajstić information content (AvgIpc) is 2.86. The molecule has 0 amide bonds. The highest BCUT2D eigenvalue weighted by Crippen LogP contribution is 2.35. The third-order valence-electron chi connectivity index (χ3n) is 3.20. The minimum Gasteiger partial charge on any atom is -0.497 e. The largest absolute Gasteiger partial charge is 0.497 e. The molecule has 0 spiro atoms. The smallest absolute Gasteiger partial charge is 0.450 e. The minimum absolute atomic E-state index is 0.239. The van der Waals surface area contributed by atoms with Crippen LogP contribution in [0.3, 0.4) is 0 Å². The fraction of sp³-hybridized carbons (Fsp3) is 0.133. The summed E-state index contributed by atoms with van der Waals surface area (Å²) >= 11 is 5.80. The van der Waals surface area contributed by atoms with Gasteiger partial charge in [0.2, 0.25) is 5.82 Å². The molecule has 3 nitrogen and oxygen atoms in total. The van der Waals surface area contributed by atoms with Crippen molar-refractivity contribution in [3.05, 3.63) is 53.3 Å². The van der Waals surface area contributed by atoms with Crippen molar-refractivity contribution < 1.29 is 17.9 Å². The van der Waals surface area contributed by atoms with E-state index in [1.807, 2.05) is 0 Å². The van der Waals surface area contributed by atoms with Gasteiger partial charge in [0.25, 0.3) is 0 Å². The Morgan fingerprint density at radius 2 is 1.77 bits per heavy atom. The third-order valence-corrected chi connectivity index (χ3v) is 3.45. The predicted molar refractivity (Wildman–Crippen MR) is 77.6 cm³/mol. The highest BCUT2D eigenvalue weighted by atomic mass is 35.5.